The number of halogens is 2. The second kappa shape index (κ2) is 8.43. The SMILES string of the molecule is C[C@@H](c1ccc(Br)cc1)N1CC[C@](CCC(N)=O)(c2ccc(F)cc2)CC1=O. The highest BCUT2D eigenvalue weighted by atomic mass is 79.9. The van der Waals surface area contributed by atoms with Crippen LogP contribution in [-0.4, -0.2) is 23.3 Å². The van der Waals surface area contributed by atoms with Gasteiger partial charge in [0.25, 0.3) is 0 Å². The van der Waals surface area contributed by atoms with Gasteiger partial charge in [-0.2, -0.15) is 0 Å². The van der Waals surface area contributed by atoms with Crippen molar-refractivity contribution in [1.82, 2.24) is 4.90 Å². The van der Waals surface area contributed by atoms with E-state index in [1.165, 1.54) is 12.1 Å². The first kappa shape index (κ1) is 20.5. The lowest BCUT2D eigenvalue weighted by molar-refractivity contribution is -0.139. The van der Waals surface area contributed by atoms with E-state index in [2.05, 4.69) is 15.9 Å². The number of hydrogen-bond donors (Lipinski definition) is 1. The van der Waals surface area contributed by atoms with Gasteiger partial charge in [0.1, 0.15) is 5.82 Å². The Hall–Kier alpha value is -2.21. The quantitative estimate of drug-likeness (QED) is 0.710. The van der Waals surface area contributed by atoms with E-state index in [9.17, 15) is 14.0 Å². The van der Waals surface area contributed by atoms with Gasteiger partial charge in [-0.3, -0.25) is 9.59 Å². The molecule has 2 amide bonds. The number of amides is 2. The minimum absolute atomic E-state index is 0.0375. The summed E-state index contributed by atoms with van der Waals surface area (Å²) >= 11 is 3.43. The fraction of sp³-hybridized carbons (Fsp3) is 0.364. The van der Waals surface area contributed by atoms with Gasteiger partial charge in [0, 0.05) is 29.3 Å². The Morgan fingerprint density at radius 1 is 1.21 bits per heavy atom. The first-order chi connectivity index (χ1) is 13.3. The average molecular weight is 447 g/mol. The number of carbonyl (C=O) groups is 2. The van der Waals surface area contributed by atoms with Crippen molar-refractivity contribution in [2.75, 3.05) is 6.54 Å². The molecular formula is C22H24BrFN2O2. The molecule has 2 aromatic carbocycles. The van der Waals surface area contributed by atoms with Crippen LogP contribution in [-0.2, 0) is 15.0 Å². The van der Waals surface area contributed by atoms with E-state index in [4.69, 9.17) is 5.73 Å². The van der Waals surface area contributed by atoms with Crippen molar-refractivity contribution in [3.8, 4) is 0 Å². The Labute approximate surface area is 173 Å². The predicted molar refractivity (Wildman–Crippen MR) is 110 cm³/mol. The molecule has 0 unspecified atom stereocenters. The van der Waals surface area contributed by atoms with Gasteiger partial charge < -0.3 is 10.6 Å². The topological polar surface area (TPSA) is 63.4 Å². The van der Waals surface area contributed by atoms with Crippen LogP contribution in [0.15, 0.2) is 53.0 Å². The highest BCUT2D eigenvalue weighted by molar-refractivity contribution is 9.10. The molecule has 2 atom stereocenters. The molecule has 1 fully saturated rings. The van der Waals surface area contributed by atoms with Gasteiger partial charge in [0.15, 0.2) is 0 Å². The molecule has 3 rings (SSSR count). The normalized spacial score (nSPS) is 20.8. The molecule has 0 radical (unpaired) electrons. The van der Waals surface area contributed by atoms with Crippen LogP contribution in [0.25, 0.3) is 0 Å². The van der Waals surface area contributed by atoms with E-state index in [1.54, 1.807) is 12.1 Å². The van der Waals surface area contributed by atoms with E-state index in [1.807, 2.05) is 36.1 Å². The van der Waals surface area contributed by atoms with Crippen LogP contribution < -0.4 is 5.73 Å². The number of carbonyl (C=O) groups excluding carboxylic acids is 2. The fourth-order valence-corrected chi connectivity index (χ4v) is 4.30. The Balaban J connectivity index is 1.83. The summed E-state index contributed by atoms with van der Waals surface area (Å²) in [6, 6.07) is 14.2. The lowest BCUT2D eigenvalue weighted by atomic mass is 9.69. The van der Waals surface area contributed by atoms with Crippen LogP contribution in [0.4, 0.5) is 4.39 Å². The third kappa shape index (κ3) is 4.43. The molecule has 0 aliphatic carbocycles. The number of primary amides is 1. The van der Waals surface area contributed by atoms with Crippen LogP contribution in [0.1, 0.15) is 49.8 Å². The minimum atomic E-state index is -0.490. The molecule has 0 spiro atoms. The molecule has 1 aliphatic heterocycles. The zero-order valence-corrected chi connectivity index (χ0v) is 17.4. The fourth-order valence-electron chi connectivity index (χ4n) is 4.04. The third-order valence-corrected chi connectivity index (χ3v) is 6.30. The largest absolute Gasteiger partial charge is 0.370 e. The maximum absolute atomic E-state index is 13.4. The van der Waals surface area contributed by atoms with Gasteiger partial charge in [-0.25, -0.2) is 4.39 Å². The number of piperidine rings is 1. The first-order valence-corrected chi connectivity index (χ1v) is 10.2. The van der Waals surface area contributed by atoms with Crippen LogP contribution in [0.2, 0.25) is 0 Å². The summed E-state index contributed by atoms with van der Waals surface area (Å²) < 4.78 is 14.4. The highest BCUT2D eigenvalue weighted by Crippen LogP contribution is 2.42. The second-order valence-corrected chi connectivity index (χ2v) is 8.41. The third-order valence-electron chi connectivity index (χ3n) is 5.77. The van der Waals surface area contributed by atoms with Crippen LogP contribution in [0.3, 0.4) is 0 Å². The molecule has 28 heavy (non-hydrogen) atoms. The number of benzene rings is 2. The van der Waals surface area contributed by atoms with Crippen molar-refractivity contribution in [2.24, 2.45) is 5.73 Å². The van der Waals surface area contributed by atoms with Crippen molar-refractivity contribution < 1.29 is 14.0 Å². The van der Waals surface area contributed by atoms with Crippen molar-refractivity contribution in [3.63, 3.8) is 0 Å². The Morgan fingerprint density at radius 3 is 2.43 bits per heavy atom. The van der Waals surface area contributed by atoms with E-state index >= 15 is 0 Å². The molecule has 1 saturated heterocycles. The standard InChI is InChI=1S/C22H24BrFN2O2/c1-15(16-2-6-18(23)7-3-16)26-13-12-22(14-21(26)28,11-10-20(25)27)17-4-8-19(24)9-5-17/h2-9,15H,10-14H2,1H3,(H2,25,27)/t15-,22-/m0/s1. The first-order valence-electron chi connectivity index (χ1n) is 9.40. The monoisotopic (exact) mass is 446 g/mol. The Kier molecular flexibility index (Phi) is 6.18. The number of nitrogens with two attached hydrogens (primary N) is 1. The molecule has 148 valence electrons. The summed E-state index contributed by atoms with van der Waals surface area (Å²) in [4.78, 5) is 26.4. The number of nitrogens with zero attached hydrogens (tertiary/aromatic N) is 1. The lowest BCUT2D eigenvalue weighted by Crippen LogP contribution is -2.47. The second-order valence-electron chi connectivity index (χ2n) is 7.49. The molecule has 1 heterocycles. The van der Waals surface area contributed by atoms with Crippen molar-refractivity contribution in [1.29, 1.82) is 0 Å². The van der Waals surface area contributed by atoms with E-state index in [-0.39, 0.29) is 36.5 Å². The summed E-state index contributed by atoms with van der Waals surface area (Å²) in [7, 11) is 0. The van der Waals surface area contributed by atoms with E-state index < -0.39 is 5.41 Å². The van der Waals surface area contributed by atoms with Gasteiger partial charge in [-0.05, 0) is 55.2 Å². The van der Waals surface area contributed by atoms with Crippen LogP contribution in [0, 0.1) is 5.82 Å². The van der Waals surface area contributed by atoms with Gasteiger partial charge in [-0.1, -0.05) is 40.2 Å². The van der Waals surface area contributed by atoms with Crippen LogP contribution in [0.5, 0.6) is 0 Å². The molecular weight excluding hydrogens is 423 g/mol. The van der Waals surface area contributed by atoms with Gasteiger partial charge in [-0.15, -0.1) is 0 Å². The molecule has 1 aliphatic rings. The molecule has 4 nitrogen and oxygen atoms in total. The summed E-state index contributed by atoms with van der Waals surface area (Å²) in [6.45, 7) is 2.60. The summed E-state index contributed by atoms with van der Waals surface area (Å²) in [5, 5.41) is 0. The number of likely N-dealkylation sites (tertiary alicyclic amines) is 1. The molecule has 2 N–H and O–H groups in total. The zero-order valence-electron chi connectivity index (χ0n) is 15.8. The van der Waals surface area contributed by atoms with E-state index in [0.29, 0.717) is 19.4 Å². The maximum Gasteiger partial charge on any atom is 0.223 e. The van der Waals surface area contributed by atoms with Crippen LogP contribution >= 0.6 is 15.9 Å². The van der Waals surface area contributed by atoms with Crippen molar-refractivity contribution >= 4 is 27.7 Å². The smallest absolute Gasteiger partial charge is 0.223 e. The summed E-state index contributed by atoms with van der Waals surface area (Å²) in [6.07, 6.45) is 1.68. The lowest BCUT2D eigenvalue weighted by Gasteiger charge is -2.44. The molecule has 0 bridgehead atoms. The van der Waals surface area contributed by atoms with Crippen molar-refractivity contribution in [3.05, 3.63) is 69.9 Å². The molecule has 0 aromatic heterocycles. The minimum Gasteiger partial charge on any atom is -0.370 e. The highest BCUT2D eigenvalue weighted by Gasteiger charge is 2.41. The summed E-state index contributed by atoms with van der Waals surface area (Å²) in [5.41, 5.74) is 6.84. The van der Waals surface area contributed by atoms with Gasteiger partial charge in [0.05, 0.1) is 6.04 Å². The number of hydrogen-bond acceptors (Lipinski definition) is 2. The Morgan fingerprint density at radius 2 is 1.86 bits per heavy atom. The van der Waals surface area contributed by atoms with Gasteiger partial charge in [0.2, 0.25) is 11.8 Å². The average Bonchev–Trinajstić information content (AvgIpc) is 2.67. The summed E-state index contributed by atoms with van der Waals surface area (Å²) in [5.74, 6) is -0.670. The van der Waals surface area contributed by atoms with E-state index in [0.717, 1.165) is 15.6 Å². The predicted octanol–water partition coefficient (Wildman–Crippen LogP) is 4.48. The zero-order chi connectivity index (χ0) is 20.3. The molecule has 2 aromatic rings. The van der Waals surface area contributed by atoms with Crippen molar-refractivity contribution in [2.45, 2.75) is 44.1 Å². The number of rotatable bonds is 6. The Bertz CT molecular complexity index is 854. The van der Waals surface area contributed by atoms with Gasteiger partial charge >= 0.3 is 0 Å². The maximum atomic E-state index is 13.4. The molecule has 0 saturated carbocycles. The molecule has 6 heteroatoms.